The highest BCUT2D eigenvalue weighted by Crippen LogP contribution is 2.32. The maximum atomic E-state index is 11.4. The molecule has 1 aromatic heterocycles. The number of carboxylic acid groups (broad SMARTS) is 1. The van der Waals surface area contributed by atoms with E-state index in [4.69, 9.17) is 9.47 Å². The minimum Gasteiger partial charge on any atom is -0.488 e. The number of methoxy groups -OCH3 is 1. The fraction of sp³-hybridized carbons (Fsp3) is 0.100. The molecule has 5 nitrogen and oxygen atoms in total. The number of benzene rings is 2. The number of aromatic carboxylic acids is 1. The highest BCUT2D eigenvalue weighted by molar-refractivity contribution is 5.92. The van der Waals surface area contributed by atoms with Gasteiger partial charge in [0.25, 0.3) is 0 Å². The van der Waals surface area contributed by atoms with Gasteiger partial charge >= 0.3 is 5.97 Å². The largest absolute Gasteiger partial charge is 0.488 e. The molecular weight excluding hydrogens is 318 g/mol. The van der Waals surface area contributed by atoms with Gasteiger partial charge in [-0.1, -0.05) is 48.5 Å². The molecule has 0 aliphatic heterocycles. The van der Waals surface area contributed by atoms with Crippen molar-refractivity contribution in [2.24, 2.45) is 0 Å². The van der Waals surface area contributed by atoms with E-state index >= 15 is 0 Å². The lowest BCUT2D eigenvalue weighted by Gasteiger charge is -2.13. The van der Waals surface area contributed by atoms with Gasteiger partial charge in [-0.05, 0) is 17.7 Å². The maximum absolute atomic E-state index is 11.4. The molecule has 0 saturated carbocycles. The van der Waals surface area contributed by atoms with Crippen LogP contribution < -0.4 is 9.47 Å². The van der Waals surface area contributed by atoms with E-state index in [0.717, 1.165) is 11.1 Å². The molecule has 5 heteroatoms. The van der Waals surface area contributed by atoms with Crippen molar-refractivity contribution in [3.63, 3.8) is 0 Å². The van der Waals surface area contributed by atoms with Crippen molar-refractivity contribution >= 4 is 5.97 Å². The Bertz CT molecular complexity index is 878. The van der Waals surface area contributed by atoms with Crippen molar-refractivity contribution in [3.05, 3.63) is 78.0 Å². The molecule has 0 spiro atoms. The van der Waals surface area contributed by atoms with Gasteiger partial charge in [-0.3, -0.25) is 0 Å². The van der Waals surface area contributed by atoms with Crippen LogP contribution in [0.4, 0.5) is 0 Å². The number of hydrogen-bond donors (Lipinski definition) is 1. The lowest BCUT2D eigenvalue weighted by atomic mass is 10.0. The second kappa shape index (κ2) is 7.49. The number of pyridine rings is 1. The third-order valence-corrected chi connectivity index (χ3v) is 3.71. The molecule has 0 unspecified atom stereocenters. The van der Waals surface area contributed by atoms with Crippen molar-refractivity contribution in [2.75, 3.05) is 7.11 Å². The first-order valence-electron chi connectivity index (χ1n) is 7.72. The molecule has 0 amide bonds. The molecule has 0 bridgehead atoms. The van der Waals surface area contributed by atoms with Gasteiger partial charge in [0.1, 0.15) is 17.9 Å². The van der Waals surface area contributed by atoms with Crippen LogP contribution >= 0.6 is 0 Å². The molecule has 0 radical (unpaired) electrons. The van der Waals surface area contributed by atoms with Crippen molar-refractivity contribution in [1.82, 2.24) is 4.98 Å². The first-order valence-corrected chi connectivity index (χ1v) is 7.72. The summed E-state index contributed by atoms with van der Waals surface area (Å²) in [5.74, 6) is -0.345. The molecule has 0 aliphatic carbocycles. The Kier molecular flexibility index (Phi) is 4.95. The summed E-state index contributed by atoms with van der Waals surface area (Å²) < 4.78 is 10.9. The number of aromatic nitrogens is 1. The summed E-state index contributed by atoms with van der Waals surface area (Å²) in [6, 6.07) is 18.8. The summed E-state index contributed by atoms with van der Waals surface area (Å²) in [7, 11) is 1.39. The third kappa shape index (κ3) is 3.77. The van der Waals surface area contributed by atoms with Crippen LogP contribution in [-0.2, 0) is 6.61 Å². The van der Waals surface area contributed by atoms with Crippen molar-refractivity contribution < 1.29 is 19.4 Å². The van der Waals surface area contributed by atoms with E-state index in [1.807, 2.05) is 54.6 Å². The van der Waals surface area contributed by atoms with Gasteiger partial charge in [-0.2, -0.15) is 0 Å². The average molecular weight is 335 g/mol. The summed E-state index contributed by atoms with van der Waals surface area (Å²) in [6.45, 7) is 0.424. The van der Waals surface area contributed by atoms with Crippen LogP contribution in [0.25, 0.3) is 11.1 Å². The van der Waals surface area contributed by atoms with E-state index in [-0.39, 0.29) is 11.4 Å². The number of carbonyl (C=O) groups is 1. The number of para-hydroxylation sites is 1. The van der Waals surface area contributed by atoms with Gasteiger partial charge in [-0.15, -0.1) is 0 Å². The number of nitrogens with zero attached hydrogens (tertiary/aromatic N) is 1. The van der Waals surface area contributed by atoms with Crippen molar-refractivity contribution in [1.29, 1.82) is 0 Å². The van der Waals surface area contributed by atoms with Crippen LogP contribution in [0.1, 0.15) is 15.9 Å². The van der Waals surface area contributed by atoms with Crippen LogP contribution in [0.2, 0.25) is 0 Å². The van der Waals surface area contributed by atoms with Gasteiger partial charge in [0.05, 0.1) is 7.11 Å². The highest BCUT2D eigenvalue weighted by atomic mass is 16.5. The molecular formula is C20H17NO4. The fourth-order valence-electron chi connectivity index (χ4n) is 2.48. The maximum Gasteiger partial charge on any atom is 0.341 e. The SMILES string of the molecule is COc1ncc(-c2ccccc2OCc2ccccc2)cc1C(=O)O. The molecule has 25 heavy (non-hydrogen) atoms. The standard InChI is InChI=1S/C20H17NO4/c1-24-19-17(20(22)23)11-15(12-21-19)16-9-5-6-10-18(16)25-13-14-7-3-2-4-8-14/h2-12H,13H2,1H3,(H,22,23). The Morgan fingerprint density at radius 1 is 1.08 bits per heavy atom. The van der Waals surface area contributed by atoms with Gasteiger partial charge < -0.3 is 14.6 Å². The smallest absolute Gasteiger partial charge is 0.341 e. The molecule has 0 aliphatic rings. The van der Waals surface area contributed by atoms with Crippen LogP contribution in [0.5, 0.6) is 11.6 Å². The molecule has 1 N–H and O–H groups in total. The van der Waals surface area contributed by atoms with Gasteiger partial charge in [0, 0.05) is 17.3 Å². The minimum absolute atomic E-state index is 0.0119. The predicted octanol–water partition coefficient (Wildman–Crippen LogP) is 4.03. The van der Waals surface area contributed by atoms with Crippen LogP contribution in [0, 0.1) is 0 Å². The zero-order valence-corrected chi connectivity index (χ0v) is 13.7. The fourth-order valence-corrected chi connectivity index (χ4v) is 2.48. The Hall–Kier alpha value is -3.34. The van der Waals surface area contributed by atoms with E-state index in [0.29, 0.717) is 17.9 Å². The molecule has 126 valence electrons. The summed E-state index contributed by atoms with van der Waals surface area (Å²) in [4.78, 5) is 15.5. The summed E-state index contributed by atoms with van der Waals surface area (Å²) in [5.41, 5.74) is 2.49. The summed E-state index contributed by atoms with van der Waals surface area (Å²) in [6.07, 6.45) is 1.58. The van der Waals surface area contributed by atoms with Crippen LogP contribution in [-0.4, -0.2) is 23.2 Å². The van der Waals surface area contributed by atoms with E-state index in [9.17, 15) is 9.90 Å². The van der Waals surface area contributed by atoms with E-state index in [2.05, 4.69) is 4.98 Å². The minimum atomic E-state index is -1.09. The van der Waals surface area contributed by atoms with Gasteiger partial charge in [-0.25, -0.2) is 9.78 Å². The second-order valence-electron chi connectivity index (χ2n) is 5.36. The number of rotatable bonds is 6. The van der Waals surface area contributed by atoms with Crippen molar-refractivity contribution in [2.45, 2.75) is 6.61 Å². The first-order chi connectivity index (χ1) is 12.2. The molecule has 0 fully saturated rings. The molecule has 0 saturated heterocycles. The Balaban J connectivity index is 1.93. The number of ether oxygens (including phenoxy) is 2. The van der Waals surface area contributed by atoms with Gasteiger partial charge in [0.2, 0.25) is 5.88 Å². The molecule has 3 rings (SSSR count). The average Bonchev–Trinajstić information content (AvgIpc) is 2.67. The van der Waals surface area contributed by atoms with Crippen LogP contribution in [0.15, 0.2) is 66.9 Å². The third-order valence-electron chi connectivity index (χ3n) is 3.71. The Morgan fingerprint density at radius 3 is 2.52 bits per heavy atom. The summed E-state index contributed by atoms with van der Waals surface area (Å²) >= 11 is 0. The van der Waals surface area contributed by atoms with E-state index < -0.39 is 5.97 Å². The molecule has 1 heterocycles. The molecule has 2 aromatic carbocycles. The lowest BCUT2D eigenvalue weighted by molar-refractivity contribution is 0.0692. The lowest BCUT2D eigenvalue weighted by Crippen LogP contribution is -2.03. The predicted molar refractivity (Wildman–Crippen MR) is 94.0 cm³/mol. The Morgan fingerprint density at radius 2 is 1.80 bits per heavy atom. The Labute approximate surface area is 145 Å². The summed E-state index contributed by atoms with van der Waals surface area (Å²) in [5, 5.41) is 9.34. The van der Waals surface area contributed by atoms with Crippen molar-refractivity contribution in [3.8, 4) is 22.8 Å². The van der Waals surface area contributed by atoms with Crippen LogP contribution in [0.3, 0.4) is 0 Å². The highest BCUT2D eigenvalue weighted by Gasteiger charge is 2.15. The topological polar surface area (TPSA) is 68.7 Å². The van der Waals surface area contributed by atoms with E-state index in [1.165, 1.54) is 7.11 Å². The quantitative estimate of drug-likeness (QED) is 0.736. The molecule has 3 aromatic rings. The zero-order valence-electron chi connectivity index (χ0n) is 13.7. The molecule has 0 atom stereocenters. The zero-order chi connectivity index (χ0) is 17.6. The normalized spacial score (nSPS) is 10.3. The van der Waals surface area contributed by atoms with Gasteiger partial charge in [0.15, 0.2) is 0 Å². The first kappa shape index (κ1) is 16.5. The van der Waals surface area contributed by atoms with E-state index in [1.54, 1.807) is 12.3 Å². The number of carboxylic acids is 1. The number of hydrogen-bond acceptors (Lipinski definition) is 4. The second-order valence-corrected chi connectivity index (χ2v) is 5.36. The monoisotopic (exact) mass is 335 g/mol.